The van der Waals surface area contributed by atoms with E-state index in [-0.39, 0.29) is 22.4 Å². The second-order valence-electron chi connectivity index (χ2n) is 7.29. The van der Waals surface area contributed by atoms with Crippen LogP contribution in [0.25, 0.3) is 11.3 Å². The Morgan fingerprint density at radius 2 is 1.91 bits per heavy atom. The third kappa shape index (κ3) is 5.67. The number of esters is 1. The van der Waals surface area contributed by atoms with Crippen LogP contribution in [0.5, 0.6) is 5.75 Å². The highest BCUT2D eigenvalue weighted by molar-refractivity contribution is 7.89. The molecule has 0 saturated heterocycles. The molecule has 2 aromatic carbocycles. The van der Waals surface area contributed by atoms with Crippen molar-refractivity contribution in [3.8, 4) is 17.0 Å². The highest BCUT2D eigenvalue weighted by Gasteiger charge is 2.30. The Kier molecular flexibility index (Phi) is 7.55. The normalized spacial score (nSPS) is 12.5. The third-order valence-electron chi connectivity index (χ3n) is 4.61. The summed E-state index contributed by atoms with van der Waals surface area (Å²) in [5, 5.41) is 4.26. The van der Waals surface area contributed by atoms with E-state index in [9.17, 15) is 13.2 Å². The van der Waals surface area contributed by atoms with Gasteiger partial charge in [0.15, 0.2) is 12.4 Å². The van der Waals surface area contributed by atoms with Gasteiger partial charge in [-0.1, -0.05) is 48.8 Å². The minimum Gasteiger partial charge on any atom is -0.496 e. The number of carbonyl (C=O) groups excluding carboxylic acids is 1. The summed E-state index contributed by atoms with van der Waals surface area (Å²) in [5.74, 6) is -0.171. The standard InChI is InChI=1S/C22H23ClN2O6S/c1-14(2)21(25-32(27,28)17-8-6-7-15(23)11-17)22(26)30-13-16-12-19(24-31-16)18-9-4-5-10-20(18)29-3/h4-12,14,21,25H,13H2,1-3H3/t21-/m0/s1. The maximum Gasteiger partial charge on any atom is 0.324 e. The molecule has 3 rings (SSSR count). The molecule has 3 aromatic rings. The lowest BCUT2D eigenvalue weighted by Crippen LogP contribution is -2.45. The lowest BCUT2D eigenvalue weighted by Gasteiger charge is -2.20. The molecule has 1 atom stereocenters. The molecule has 8 nitrogen and oxygen atoms in total. The summed E-state index contributed by atoms with van der Waals surface area (Å²) in [7, 11) is -2.43. The van der Waals surface area contributed by atoms with E-state index in [1.807, 2.05) is 18.2 Å². The molecule has 1 heterocycles. The van der Waals surface area contributed by atoms with Crippen LogP contribution in [0.15, 0.2) is 64.0 Å². The topological polar surface area (TPSA) is 108 Å². The van der Waals surface area contributed by atoms with Crippen LogP contribution in [-0.4, -0.2) is 32.7 Å². The lowest BCUT2D eigenvalue weighted by atomic mass is 10.1. The largest absolute Gasteiger partial charge is 0.496 e. The molecule has 0 amide bonds. The minimum atomic E-state index is -3.98. The van der Waals surface area contributed by atoms with Crippen molar-refractivity contribution < 1.29 is 27.2 Å². The summed E-state index contributed by atoms with van der Waals surface area (Å²) < 4.78 is 43.6. The summed E-state index contributed by atoms with van der Waals surface area (Å²) in [4.78, 5) is 12.6. The monoisotopic (exact) mass is 478 g/mol. The molecule has 0 radical (unpaired) electrons. The van der Waals surface area contributed by atoms with E-state index < -0.39 is 22.0 Å². The number of rotatable bonds is 9. The van der Waals surface area contributed by atoms with Crippen molar-refractivity contribution in [2.45, 2.75) is 31.4 Å². The molecule has 0 aliphatic rings. The van der Waals surface area contributed by atoms with Crippen LogP contribution < -0.4 is 9.46 Å². The summed E-state index contributed by atoms with van der Waals surface area (Å²) >= 11 is 5.89. The van der Waals surface area contributed by atoms with Gasteiger partial charge in [-0.3, -0.25) is 4.79 Å². The number of halogens is 1. The molecule has 0 unspecified atom stereocenters. The maximum atomic E-state index is 12.7. The third-order valence-corrected chi connectivity index (χ3v) is 6.28. The molecule has 0 spiro atoms. The second-order valence-corrected chi connectivity index (χ2v) is 9.44. The Labute approximate surface area is 191 Å². The van der Waals surface area contributed by atoms with Crippen molar-refractivity contribution in [1.29, 1.82) is 0 Å². The molecular formula is C22H23ClN2O6S. The van der Waals surface area contributed by atoms with Gasteiger partial charge in [0, 0.05) is 16.7 Å². The van der Waals surface area contributed by atoms with Gasteiger partial charge in [0.1, 0.15) is 17.5 Å². The first-order valence-electron chi connectivity index (χ1n) is 9.75. The fourth-order valence-corrected chi connectivity index (χ4v) is 4.56. The number of hydrogen-bond acceptors (Lipinski definition) is 7. The van der Waals surface area contributed by atoms with Gasteiger partial charge in [0.25, 0.3) is 0 Å². The molecule has 0 aliphatic heterocycles. The Balaban J connectivity index is 1.69. The van der Waals surface area contributed by atoms with Crippen molar-refractivity contribution in [2.24, 2.45) is 5.92 Å². The van der Waals surface area contributed by atoms with E-state index in [0.717, 1.165) is 5.56 Å². The van der Waals surface area contributed by atoms with Gasteiger partial charge >= 0.3 is 5.97 Å². The fraction of sp³-hybridized carbons (Fsp3) is 0.273. The van der Waals surface area contributed by atoms with Gasteiger partial charge in [-0.2, -0.15) is 4.72 Å². The molecule has 0 saturated carbocycles. The minimum absolute atomic E-state index is 0.0415. The highest BCUT2D eigenvalue weighted by Crippen LogP contribution is 2.29. The Bertz CT molecular complexity index is 1190. The Morgan fingerprint density at radius 3 is 2.59 bits per heavy atom. The summed E-state index contributed by atoms with van der Waals surface area (Å²) in [5.41, 5.74) is 1.25. The number of hydrogen-bond donors (Lipinski definition) is 1. The number of carbonyl (C=O) groups is 1. The smallest absolute Gasteiger partial charge is 0.324 e. The number of aromatic nitrogens is 1. The zero-order valence-electron chi connectivity index (χ0n) is 17.7. The molecule has 170 valence electrons. The summed E-state index contributed by atoms with van der Waals surface area (Å²) in [6.45, 7) is 3.21. The predicted molar refractivity (Wildman–Crippen MR) is 119 cm³/mol. The van der Waals surface area contributed by atoms with E-state index in [1.165, 1.54) is 18.2 Å². The first-order valence-corrected chi connectivity index (χ1v) is 11.6. The number of benzene rings is 2. The molecule has 1 aromatic heterocycles. The molecule has 0 bridgehead atoms. The van der Waals surface area contributed by atoms with Crippen LogP contribution >= 0.6 is 11.6 Å². The van der Waals surface area contributed by atoms with Crippen molar-refractivity contribution in [1.82, 2.24) is 9.88 Å². The van der Waals surface area contributed by atoms with Gasteiger partial charge in [-0.05, 0) is 36.2 Å². The van der Waals surface area contributed by atoms with Crippen LogP contribution in [-0.2, 0) is 26.2 Å². The van der Waals surface area contributed by atoms with E-state index in [0.29, 0.717) is 17.2 Å². The van der Waals surface area contributed by atoms with Gasteiger partial charge < -0.3 is 14.0 Å². The van der Waals surface area contributed by atoms with Gasteiger partial charge in [0.2, 0.25) is 10.0 Å². The molecule has 1 N–H and O–H groups in total. The van der Waals surface area contributed by atoms with Crippen LogP contribution in [0.3, 0.4) is 0 Å². The zero-order chi connectivity index (χ0) is 23.3. The summed E-state index contributed by atoms with van der Waals surface area (Å²) in [6.07, 6.45) is 0. The number of sulfonamides is 1. The van der Waals surface area contributed by atoms with Crippen molar-refractivity contribution in [3.05, 3.63) is 65.4 Å². The molecule has 32 heavy (non-hydrogen) atoms. The van der Waals surface area contributed by atoms with Crippen LogP contribution in [0.4, 0.5) is 0 Å². The molecule has 10 heteroatoms. The zero-order valence-corrected chi connectivity index (χ0v) is 19.3. The van der Waals surface area contributed by atoms with Crippen molar-refractivity contribution in [3.63, 3.8) is 0 Å². The van der Waals surface area contributed by atoms with Gasteiger partial charge in [-0.25, -0.2) is 8.42 Å². The lowest BCUT2D eigenvalue weighted by molar-refractivity contribution is -0.148. The number of nitrogens with one attached hydrogen (secondary N) is 1. The molecule has 0 fully saturated rings. The van der Waals surface area contributed by atoms with Crippen LogP contribution in [0.1, 0.15) is 19.6 Å². The first kappa shape index (κ1) is 23.8. The van der Waals surface area contributed by atoms with E-state index in [2.05, 4.69) is 9.88 Å². The van der Waals surface area contributed by atoms with Crippen molar-refractivity contribution in [2.75, 3.05) is 7.11 Å². The van der Waals surface area contributed by atoms with Crippen LogP contribution in [0, 0.1) is 5.92 Å². The Hall–Kier alpha value is -2.88. The summed E-state index contributed by atoms with van der Waals surface area (Å²) in [6, 6.07) is 13.6. The van der Waals surface area contributed by atoms with Crippen molar-refractivity contribution >= 4 is 27.6 Å². The predicted octanol–water partition coefficient (Wildman–Crippen LogP) is 4.05. The second kappa shape index (κ2) is 10.2. The maximum absolute atomic E-state index is 12.7. The Morgan fingerprint density at radius 1 is 1.16 bits per heavy atom. The van der Waals surface area contributed by atoms with Gasteiger partial charge in [0.05, 0.1) is 12.0 Å². The first-order chi connectivity index (χ1) is 15.2. The average Bonchev–Trinajstić information content (AvgIpc) is 3.24. The molecule has 0 aliphatic carbocycles. The number of nitrogens with zero attached hydrogens (tertiary/aromatic N) is 1. The van der Waals surface area contributed by atoms with Crippen LogP contribution in [0.2, 0.25) is 5.02 Å². The quantitative estimate of drug-likeness (QED) is 0.462. The van der Waals surface area contributed by atoms with E-state index in [4.69, 9.17) is 25.6 Å². The van der Waals surface area contributed by atoms with Gasteiger partial charge in [-0.15, -0.1) is 0 Å². The SMILES string of the molecule is COc1ccccc1-c1cc(COC(=O)[C@@H](NS(=O)(=O)c2cccc(Cl)c2)C(C)C)on1. The highest BCUT2D eigenvalue weighted by atomic mass is 35.5. The number of methoxy groups -OCH3 is 1. The molecular weight excluding hydrogens is 456 g/mol. The number of para-hydroxylation sites is 1. The van der Waals surface area contributed by atoms with E-state index in [1.54, 1.807) is 39.2 Å². The fourth-order valence-electron chi connectivity index (χ4n) is 2.92. The number of ether oxygens (including phenoxy) is 2. The van der Waals surface area contributed by atoms with E-state index >= 15 is 0 Å². The average molecular weight is 479 g/mol.